The minimum Gasteiger partial charge on any atom is -0.497 e. The number of ether oxygens (including phenoxy) is 2. The summed E-state index contributed by atoms with van der Waals surface area (Å²) in [5.41, 5.74) is 3.67. The molecule has 4 amide bonds. The Kier molecular flexibility index (Phi) is 12.1. The number of benzene rings is 3. The van der Waals surface area contributed by atoms with Crippen LogP contribution in [0.3, 0.4) is 0 Å². The fraction of sp³-hybridized carbons (Fsp3) is 0.421. The number of aryl methyl sites for hydroxylation is 2. The van der Waals surface area contributed by atoms with E-state index in [1.807, 2.05) is 55.5 Å². The Balaban J connectivity index is 1.40. The number of fused-ring (bicyclic) bond motifs is 4. The van der Waals surface area contributed by atoms with Crippen LogP contribution in [0.1, 0.15) is 54.4 Å². The van der Waals surface area contributed by atoms with Crippen molar-refractivity contribution in [3.05, 3.63) is 95.1 Å². The van der Waals surface area contributed by atoms with Gasteiger partial charge >= 0.3 is 0 Å². The molecular weight excluding hydrogens is 608 g/mol. The minimum absolute atomic E-state index is 0.00268. The number of amides is 4. The second-order valence-electron chi connectivity index (χ2n) is 12.7. The molecule has 1 saturated heterocycles. The Morgan fingerprint density at radius 1 is 0.979 bits per heavy atom. The average molecular weight is 655 g/mol. The SMILES string of the molecule is COc1cccc(CC(=O)N[C@H]2CC(=O)N3CCCC(CCOc4ccc(C)c(c4)CNC(=O)[C@H](CCc4ccccc4)NC2=O)C3)c1. The van der Waals surface area contributed by atoms with Gasteiger partial charge in [-0.2, -0.15) is 0 Å². The Hall–Kier alpha value is -4.86. The summed E-state index contributed by atoms with van der Waals surface area (Å²) in [5, 5.41) is 8.70. The van der Waals surface area contributed by atoms with Crippen molar-refractivity contribution in [3.63, 3.8) is 0 Å². The molecule has 48 heavy (non-hydrogen) atoms. The van der Waals surface area contributed by atoms with Crippen LogP contribution in [-0.4, -0.2) is 67.4 Å². The molecule has 10 nitrogen and oxygen atoms in total. The van der Waals surface area contributed by atoms with Gasteiger partial charge in [-0.1, -0.05) is 48.5 Å². The molecule has 10 heteroatoms. The summed E-state index contributed by atoms with van der Waals surface area (Å²) < 4.78 is 11.4. The van der Waals surface area contributed by atoms with Crippen LogP contribution in [0.25, 0.3) is 0 Å². The van der Waals surface area contributed by atoms with E-state index in [9.17, 15) is 19.2 Å². The first kappa shape index (κ1) is 34.5. The Morgan fingerprint density at radius 2 is 1.79 bits per heavy atom. The summed E-state index contributed by atoms with van der Waals surface area (Å²) in [6.07, 6.45) is 3.29. The first-order chi connectivity index (χ1) is 23.3. The normalized spacial score (nSPS) is 20.8. The van der Waals surface area contributed by atoms with Crippen LogP contribution in [0.15, 0.2) is 72.8 Å². The summed E-state index contributed by atoms with van der Waals surface area (Å²) in [5.74, 6) is 0.0715. The lowest BCUT2D eigenvalue weighted by Crippen LogP contribution is -2.55. The highest BCUT2D eigenvalue weighted by Gasteiger charge is 2.32. The maximum Gasteiger partial charge on any atom is 0.243 e. The molecule has 0 saturated carbocycles. The van der Waals surface area contributed by atoms with Crippen molar-refractivity contribution in [2.45, 2.75) is 70.5 Å². The van der Waals surface area contributed by atoms with E-state index in [2.05, 4.69) is 16.0 Å². The van der Waals surface area contributed by atoms with Gasteiger partial charge < -0.3 is 30.3 Å². The van der Waals surface area contributed by atoms with Crippen LogP contribution in [0, 0.1) is 12.8 Å². The van der Waals surface area contributed by atoms with Gasteiger partial charge in [0.1, 0.15) is 23.6 Å². The molecule has 1 unspecified atom stereocenters. The van der Waals surface area contributed by atoms with Gasteiger partial charge in [0.25, 0.3) is 0 Å². The number of carbonyl (C=O) groups excluding carboxylic acids is 4. The second kappa shape index (κ2) is 16.8. The zero-order valence-corrected chi connectivity index (χ0v) is 27.8. The predicted molar refractivity (Wildman–Crippen MR) is 182 cm³/mol. The van der Waals surface area contributed by atoms with Crippen LogP contribution in [-0.2, 0) is 38.6 Å². The van der Waals surface area contributed by atoms with Crippen molar-refractivity contribution >= 4 is 23.6 Å². The molecule has 4 bridgehead atoms. The second-order valence-corrected chi connectivity index (χ2v) is 12.7. The molecule has 0 aromatic heterocycles. The molecule has 3 aromatic rings. The fourth-order valence-corrected chi connectivity index (χ4v) is 6.33. The zero-order chi connectivity index (χ0) is 33.9. The van der Waals surface area contributed by atoms with Crippen molar-refractivity contribution in [1.29, 1.82) is 0 Å². The Morgan fingerprint density at radius 3 is 2.60 bits per heavy atom. The maximum atomic E-state index is 14.0. The maximum absolute atomic E-state index is 14.0. The van der Waals surface area contributed by atoms with Crippen molar-refractivity contribution in [3.8, 4) is 11.5 Å². The number of carbonyl (C=O) groups is 4. The summed E-state index contributed by atoms with van der Waals surface area (Å²) in [7, 11) is 1.55. The van der Waals surface area contributed by atoms with E-state index in [4.69, 9.17) is 9.47 Å². The zero-order valence-electron chi connectivity index (χ0n) is 27.8. The lowest BCUT2D eigenvalue weighted by molar-refractivity contribution is -0.138. The molecular formula is C38H46N4O6. The minimum atomic E-state index is -1.16. The van der Waals surface area contributed by atoms with Crippen LogP contribution in [0.4, 0.5) is 0 Å². The van der Waals surface area contributed by atoms with Crippen molar-refractivity contribution in [1.82, 2.24) is 20.9 Å². The number of hydrogen-bond donors (Lipinski definition) is 3. The number of methoxy groups -OCH3 is 1. The van der Waals surface area contributed by atoms with E-state index in [1.54, 1.807) is 36.3 Å². The van der Waals surface area contributed by atoms with E-state index < -0.39 is 23.9 Å². The third-order valence-electron chi connectivity index (χ3n) is 9.17. The molecule has 3 atom stereocenters. The van der Waals surface area contributed by atoms with Crippen molar-refractivity contribution in [2.75, 3.05) is 26.8 Å². The van der Waals surface area contributed by atoms with E-state index in [-0.39, 0.29) is 37.1 Å². The van der Waals surface area contributed by atoms with Crippen molar-refractivity contribution in [2.24, 2.45) is 5.92 Å². The number of nitrogens with zero attached hydrogens (tertiary/aromatic N) is 1. The van der Waals surface area contributed by atoms with Crippen LogP contribution >= 0.6 is 0 Å². The lowest BCUT2D eigenvalue weighted by Gasteiger charge is -2.34. The van der Waals surface area contributed by atoms with Gasteiger partial charge in [-0.3, -0.25) is 19.2 Å². The summed E-state index contributed by atoms with van der Waals surface area (Å²) in [6.45, 7) is 3.91. The molecule has 0 aliphatic carbocycles. The highest BCUT2D eigenvalue weighted by molar-refractivity contribution is 5.95. The van der Waals surface area contributed by atoms with Crippen LogP contribution in [0.5, 0.6) is 11.5 Å². The van der Waals surface area contributed by atoms with Gasteiger partial charge in [0.2, 0.25) is 23.6 Å². The van der Waals surface area contributed by atoms with Crippen LogP contribution < -0.4 is 25.4 Å². The summed E-state index contributed by atoms with van der Waals surface area (Å²) >= 11 is 0. The molecule has 2 aliphatic heterocycles. The highest BCUT2D eigenvalue weighted by Crippen LogP contribution is 2.23. The number of piperidine rings is 1. The number of nitrogens with one attached hydrogen (secondary N) is 3. The Bertz CT molecular complexity index is 1580. The molecule has 0 spiro atoms. The smallest absolute Gasteiger partial charge is 0.243 e. The van der Waals surface area contributed by atoms with Gasteiger partial charge in [-0.15, -0.1) is 0 Å². The largest absolute Gasteiger partial charge is 0.497 e. The molecule has 254 valence electrons. The first-order valence-corrected chi connectivity index (χ1v) is 16.8. The fourth-order valence-electron chi connectivity index (χ4n) is 6.33. The molecule has 3 aromatic carbocycles. The third-order valence-corrected chi connectivity index (χ3v) is 9.17. The molecule has 5 rings (SSSR count). The Labute approximate surface area is 282 Å². The standard InChI is InChI=1S/C38H46N4O6/c1-26-13-15-32-22-30(26)24-39-37(45)33(16-14-27-8-4-3-5-9-27)41-38(46)34(40-35(43)21-29-10-6-12-31(20-29)47-2)23-36(44)42-18-7-11-28(25-42)17-19-48-32/h3-6,8-10,12-13,15,20,22,28,33-34H,7,11,14,16-19,21,23-25H2,1-2H3,(H,39,45)(H,40,43)(H,41,46)/t28?,33-,34-/m0/s1. The van der Waals surface area contributed by atoms with E-state index in [0.717, 1.165) is 41.7 Å². The number of rotatable bonds is 7. The molecule has 1 fully saturated rings. The highest BCUT2D eigenvalue weighted by atomic mass is 16.5. The monoisotopic (exact) mass is 654 g/mol. The molecule has 3 N–H and O–H groups in total. The van der Waals surface area contributed by atoms with E-state index in [0.29, 0.717) is 43.9 Å². The van der Waals surface area contributed by atoms with Crippen LogP contribution in [0.2, 0.25) is 0 Å². The predicted octanol–water partition coefficient (Wildman–Crippen LogP) is 3.88. The summed E-state index contributed by atoms with van der Waals surface area (Å²) in [4.78, 5) is 56.4. The first-order valence-electron chi connectivity index (χ1n) is 16.8. The molecule has 2 aliphatic rings. The van der Waals surface area contributed by atoms with E-state index in [1.165, 1.54) is 0 Å². The third kappa shape index (κ3) is 9.82. The topological polar surface area (TPSA) is 126 Å². The lowest BCUT2D eigenvalue weighted by atomic mass is 9.94. The van der Waals surface area contributed by atoms with Gasteiger partial charge in [-0.05, 0) is 91.5 Å². The molecule has 2 heterocycles. The summed E-state index contributed by atoms with van der Waals surface area (Å²) in [6, 6.07) is 20.7. The van der Waals surface area contributed by atoms with Gasteiger partial charge in [0.05, 0.1) is 26.6 Å². The van der Waals surface area contributed by atoms with Gasteiger partial charge in [-0.25, -0.2) is 0 Å². The van der Waals surface area contributed by atoms with E-state index >= 15 is 0 Å². The van der Waals surface area contributed by atoms with Gasteiger partial charge in [0, 0.05) is 19.6 Å². The molecule has 0 radical (unpaired) electrons. The number of hydrogen-bond acceptors (Lipinski definition) is 6. The average Bonchev–Trinajstić information content (AvgIpc) is 3.09. The van der Waals surface area contributed by atoms with Gasteiger partial charge in [0.15, 0.2) is 0 Å². The van der Waals surface area contributed by atoms with Crippen molar-refractivity contribution < 1.29 is 28.7 Å². The quantitative estimate of drug-likeness (QED) is 0.355.